The van der Waals surface area contributed by atoms with Gasteiger partial charge in [-0.15, -0.1) is 0 Å². The Bertz CT molecular complexity index is 402. The molecule has 16 heavy (non-hydrogen) atoms. The van der Waals surface area contributed by atoms with Crippen molar-refractivity contribution in [3.63, 3.8) is 0 Å². The summed E-state index contributed by atoms with van der Waals surface area (Å²) in [5.74, 6) is -0.854. The Kier molecular flexibility index (Phi) is 3.52. The first-order valence-corrected chi connectivity index (χ1v) is 5.23. The van der Waals surface area contributed by atoms with Crippen LogP contribution in [0.2, 0.25) is 0 Å². The van der Waals surface area contributed by atoms with E-state index in [1.54, 1.807) is 0 Å². The smallest absolute Gasteiger partial charge is 0.251 e. The number of nitrogens with two attached hydrogens (primary N) is 1. The molecule has 0 fully saturated rings. The summed E-state index contributed by atoms with van der Waals surface area (Å²) >= 11 is 0. The molecule has 0 aliphatic heterocycles. The molecule has 88 valence electrons. The van der Waals surface area contributed by atoms with Crippen molar-refractivity contribution < 1.29 is 9.18 Å². The summed E-state index contributed by atoms with van der Waals surface area (Å²) < 4.78 is 13.1. The second-order valence-electron chi connectivity index (χ2n) is 4.43. The van der Waals surface area contributed by atoms with E-state index in [2.05, 4.69) is 5.32 Å². The third-order valence-corrected chi connectivity index (χ3v) is 2.60. The van der Waals surface area contributed by atoms with Crippen molar-refractivity contribution in [1.82, 2.24) is 5.32 Å². The standard InChI is InChI=1S/C12H17FN2O/c1-4-12(2,3)15-11(16)8-5-6-10(14)9(13)7-8/h5-7H,4,14H2,1-3H3,(H,15,16). The van der Waals surface area contributed by atoms with Crippen LogP contribution < -0.4 is 11.1 Å². The van der Waals surface area contributed by atoms with Gasteiger partial charge in [0.2, 0.25) is 0 Å². The van der Waals surface area contributed by atoms with Gasteiger partial charge in [0.1, 0.15) is 5.82 Å². The molecular weight excluding hydrogens is 207 g/mol. The van der Waals surface area contributed by atoms with Crippen LogP contribution in [0.3, 0.4) is 0 Å². The van der Waals surface area contributed by atoms with Crippen molar-refractivity contribution >= 4 is 11.6 Å². The minimum absolute atomic E-state index is 0.0475. The van der Waals surface area contributed by atoms with E-state index in [0.29, 0.717) is 0 Å². The Balaban J connectivity index is 2.85. The van der Waals surface area contributed by atoms with E-state index in [4.69, 9.17) is 5.73 Å². The van der Waals surface area contributed by atoms with Gasteiger partial charge in [-0.2, -0.15) is 0 Å². The maximum atomic E-state index is 13.1. The second-order valence-corrected chi connectivity index (χ2v) is 4.43. The zero-order valence-corrected chi connectivity index (χ0v) is 9.80. The van der Waals surface area contributed by atoms with Crippen molar-refractivity contribution in [3.8, 4) is 0 Å². The predicted molar refractivity (Wildman–Crippen MR) is 62.6 cm³/mol. The Hall–Kier alpha value is -1.58. The summed E-state index contributed by atoms with van der Waals surface area (Å²) in [6, 6.07) is 4.05. The lowest BCUT2D eigenvalue weighted by Gasteiger charge is -2.24. The highest BCUT2D eigenvalue weighted by atomic mass is 19.1. The third-order valence-electron chi connectivity index (χ3n) is 2.60. The number of anilines is 1. The highest BCUT2D eigenvalue weighted by Gasteiger charge is 2.19. The quantitative estimate of drug-likeness (QED) is 0.774. The van der Waals surface area contributed by atoms with Crippen LogP contribution in [0.1, 0.15) is 37.6 Å². The van der Waals surface area contributed by atoms with Gasteiger partial charge in [0, 0.05) is 11.1 Å². The average Bonchev–Trinajstić information content (AvgIpc) is 2.21. The predicted octanol–water partition coefficient (Wildman–Crippen LogP) is 2.33. The SMILES string of the molecule is CCC(C)(C)NC(=O)c1ccc(N)c(F)c1. The number of nitrogen functional groups attached to an aromatic ring is 1. The molecule has 0 bridgehead atoms. The van der Waals surface area contributed by atoms with Crippen LogP contribution in [0.5, 0.6) is 0 Å². The second kappa shape index (κ2) is 4.51. The minimum atomic E-state index is -0.568. The average molecular weight is 224 g/mol. The number of halogens is 1. The lowest BCUT2D eigenvalue weighted by atomic mass is 10.0. The van der Waals surface area contributed by atoms with E-state index in [0.717, 1.165) is 12.5 Å². The van der Waals surface area contributed by atoms with Crippen molar-refractivity contribution in [2.24, 2.45) is 0 Å². The maximum absolute atomic E-state index is 13.1. The molecule has 0 aliphatic rings. The van der Waals surface area contributed by atoms with Crippen LogP contribution in [0.15, 0.2) is 18.2 Å². The van der Waals surface area contributed by atoms with Crippen molar-refractivity contribution in [2.45, 2.75) is 32.7 Å². The molecule has 0 saturated heterocycles. The summed E-state index contributed by atoms with van der Waals surface area (Å²) in [4.78, 5) is 11.8. The molecule has 1 amide bonds. The fourth-order valence-corrected chi connectivity index (χ4v) is 1.14. The molecule has 0 aromatic heterocycles. The summed E-state index contributed by atoms with van der Waals surface area (Å²) in [5, 5.41) is 2.82. The molecule has 0 unspecified atom stereocenters. The van der Waals surface area contributed by atoms with Gasteiger partial charge in [-0.1, -0.05) is 6.92 Å². The Morgan fingerprint density at radius 3 is 2.62 bits per heavy atom. The molecule has 0 radical (unpaired) electrons. The third kappa shape index (κ3) is 2.95. The number of carbonyl (C=O) groups is 1. The molecule has 0 atom stereocenters. The van der Waals surface area contributed by atoms with Crippen molar-refractivity contribution in [1.29, 1.82) is 0 Å². The number of rotatable bonds is 3. The first kappa shape index (κ1) is 12.5. The zero-order chi connectivity index (χ0) is 12.3. The molecule has 0 heterocycles. The Morgan fingerprint density at radius 2 is 2.12 bits per heavy atom. The minimum Gasteiger partial charge on any atom is -0.396 e. The summed E-state index contributed by atoms with van der Waals surface area (Å²) in [6.07, 6.45) is 0.802. The molecule has 3 N–H and O–H groups in total. The number of amides is 1. The first-order chi connectivity index (χ1) is 7.35. The maximum Gasteiger partial charge on any atom is 0.251 e. The van der Waals surface area contributed by atoms with Gasteiger partial charge in [0.25, 0.3) is 5.91 Å². The number of benzene rings is 1. The molecule has 0 aliphatic carbocycles. The highest BCUT2D eigenvalue weighted by Crippen LogP contribution is 2.14. The fraction of sp³-hybridized carbons (Fsp3) is 0.417. The summed E-state index contributed by atoms with van der Waals surface area (Å²) in [5.41, 5.74) is 5.37. The molecule has 0 spiro atoms. The normalized spacial score (nSPS) is 11.2. The lowest BCUT2D eigenvalue weighted by molar-refractivity contribution is 0.0911. The highest BCUT2D eigenvalue weighted by molar-refractivity contribution is 5.95. The zero-order valence-electron chi connectivity index (χ0n) is 9.80. The fourth-order valence-electron chi connectivity index (χ4n) is 1.14. The summed E-state index contributed by atoms with van der Waals surface area (Å²) in [6.45, 7) is 5.81. The van der Waals surface area contributed by atoms with Crippen LogP contribution in [0, 0.1) is 5.82 Å². The van der Waals surface area contributed by atoms with E-state index < -0.39 is 5.82 Å². The number of hydrogen-bond donors (Lipinski definition) is 2. The van der Waals surface area contributed by atoms with Gasteiger partial charge in [-0.25, -0.2) is 4.39 Å². The van der Waals surface area contributed by atoms with E-state index >= 15 is 0 Å². The van der Waals surface area contributed by atoms with E-state index in [1.807, 2.05) is 20.8 Å². The van der Waals surface area contributed by atoms with Crippen molar-refractivity contribution in [2.75, 3.05) is 5.73 Å². The van der Waals surface area contributed by atoms with Gasteiger partial charge in [0.15, 0.2) is 0 Å². The first-order valence-electron chi connectivity index (χ1n) is 5.23. The van der Waals surface area contributed by atoms with Crippen LogP contribution in [0.4, 0.5) is 10.1 Å². The Morgan fingerprint density at radius 1 is 1.50 bits per heavy atom. The Labute approximate surface area is 94.8 Å². The molecule has 1 rings (SSSR count). The van der Waals surface area contributed by atoms with Crippen LogP contribution in [0.25, 0.3) is 0 Å². The summed E-state index contributed by atoms with van der Waals surface area (Å²) in [7, 11) is 0. The largest absolute Gasteiger partial charge is 0.396 e. The van der Waals surface area contributed by atoms with Gasteiger partial charge >= 0.3 is 0 Å². The topological polar surface area (TPSA) is 55.1 Å². The molecule has 3 nitrogen and oxygen atoms in total. The molecule has 1 aromatic rings. The van der Waals surface area contributed by atoms with Crippen LogP contribution in [-0.2, 0) is 0 Å². The van der Waals surface area contributed by atoms with Gasteiger partial charge in [-0.3, -0.25) is 4.79 Å². The van der Waals surface area contributed by atoms with E-state index in [9.17, 15) is 9.18 Å². The molecular formula is C12H17FN2O. The van der Waals surface area contributed by atoms with E-state index in [1.165, 1.54) is 12.1 Å². The number of nitrogens with one attached hydrogen (secondary N) is 1. The number of hydrogen-bond acceptors (Lipinski definition) is 2. The van der Waals surface area contributed by atoms with Gasteiger partial charge in [0.05, 0.1) is 5.69 Å². The van der Waals surface area contributed by atoms with Gasteiger partial charge in [-0.05, 0) is 38.5 Å². The number of carbonyl (C=O) groups excluding carboxylic acids is 1. The van der Waals surface area contributed by atoms with Crippen LogP contribution in [-0.4, -0.2) is 11.4 Å². The molecule has 0 saturated carbocycles. The molecule has 4 heteroatoms. The monoisotopic (exact) mass is 224 g/mol. The molecule has 1 aromatic carbocycles. The van der Waals surface area contributed by atoms with Crippen molar-refractivity contribution in [3.05, 3.63) is 29.6 Å². The van der Waals surface area contributed by atoms with E-state index in [-0.39, 0.29) is 22.7 Å². The van der Waals surface area contributed by atoms with Crippen LogP contribution >= 0.6 is 0 Å². The van der Waals surface area contributed by atoms with Gasteiger partial charge < -0.3 is 11.1 Å². The lowest BCUT2D eigenvalue weighted by Crippen LogP contribution is -2.42.